The van der Waals surface area contributed by atoms with Crippen LogP contribution in [0.3, 0.4) is 0 Å². The van der Waals surface area contributed by atoms with E-state index < -0.39 is 0 Å². The Bertz CT molecular complexity index is 654. The van der Waals surface area contributed by atoms with E-state index >= 15 is 0 Å². The first kappa shape index (κ1) is 13.8. The van der Waals surface area contributed by atoms with Gasteiger partial charge >= 0.3 is 0 Å². The Morgan fingerprint density at radius 3 is 2.38 bits per heavy atom. The third-order valence-corrected chi connectivity index (χ3v) is 4.15. The van der Waals surface area contributed by atoms with Crippen LogP contribution in [0.2, 0.25) is 0 Å². The summed E-state index contributed by atoms with van der Waals surface area (Å²) >= 11 is 0. The maximum Gasteiger partial charge on any atom is 0.238 e. The van der Waals surface area contributed by atoms with Gasteiger partial charge in [0.15, 0.2) is 0 Å². The van der Waals surface area contributed by atoms with Gasteiger partial charge in [-0.25, -0.2) is 0 Å². The van der Waals surface area contributed by atoms with Gasteiger partial charge in [-0.2, -0.15) is 0 Å². The SMILES string of the molecule is Cc1cccc(NC(=O)CN2Cc3ccccc3C2)c1C. The topological polar surface area (TPSA) is 32.3 Å². The van der Waals surface area contributed by atoms with E-state index in [9.17, 15) is 4.79 Å². The molecule has 1 aliphatic heterocycles. The van der Waals surface area contributed by atoms with Crippen LogP contribution in [0.1, 0.15) is 22.3 Å². The van der Waals surface area contributed by atoms with Crippen LogP contribution in [-0.4, -0.2) is 17.4 Å². The maximum atomic E-state index is 12.2. The van der Waals surface area contributed by atoms with Gasteiger partial charge in [0, 0.05) is 18.8 Å². The Morgan fingerprint density at radius 2 is 1.71 bits per heavy atom. The quantitative estimate of drug-likeness (QED) is 0.936. The van der Waals surface area contributed by atoms with E-state index in [4.69, 9.17) is 0 Å². The normalized spacial score (nSPS) is 14.0. The first-order valence-electron chi connectivity index (χ1n) is 7.28. The van der Waals surface area contributed by atoms with E-state index in [-0.39, 0.29) is 5.91 Å². The monoisotopic (exact) mass is 280 g/mol. The number of aryl methyl sites for hydroxylation is 1. The molecule has 1 aliphatic rings. The molecule has 0 fully saturated rings. The van der Waals surface area contributed by atoms with Crippen LogP contribution in [0.4, 0.5) is 5.69 Å². The lowest BCUT2D eigenvalue weighted by Crippen LogP contribution is -2.29. The van der Waals surface area contributed by atoms with Gasteiger partial charge in [0.1, 0.15) is 0 Å². The van der Waals surface area contributed by atoms with Crippen LogP contribution in [0.25, 0.3) is 0 Å². The lowest BCUT2D eigenvalue weighted by atomic mass is 10.1. The van der Waals surface area contributed by atoms with Crippen molar-refractivity contribution in [2.45, 2.75) is 26.9 Å². The molecule has 0 radical (unpaired) electrons. The van der Waals surface area contributed by atoms with Gasteiger partial charge in [0.05, 0.1) is 6.54 Å². The predicted octanol–water partition coefficient (Wildman–Crippen LogP) is 3.26. The Balaban J connectivity index is 1.62. The molecule has 0 spiro atoms. The van der Waals surface area contributed by atoms with Crippen LogP contribution in [0.5, 0.6) is 0 Å². The molecule has 0 saturated heterocycles. The van der Waals surface area contributed by atoms with Crippen LogP contribution in [-0.2, 0) is 17.9 Å². The number of hydrogen-bond donors (Lipinski definition) is 1. The molecule has 0 aromatic heterocycles. The standard InChI is InChI=1S/C18H20N2O/c1-13-6-5-9-17(14(13)2)19-18(21)12-20-10-15-7-3-4-8-16(15)11-20/h3-9H,10-12H2,1-2H3,(H,19,21). The molecule has 1 heterocycles. The molecule has 3 rings (SSSR count). The molecule has 2 aromatic rings. The largest absolute Gasteiger partial charge is 0.325 e. The number of rotatable bonds is 3. The molecule has 3 nitrogen and oxygen atoms in total. The Labute approximate surface area is 125 Å². The van der Waals surface area contributed by atoms with Crippen molar-refractivity contribution in [1.29, 1.82) is 0 Å². The minimum Gasteiger partial charge on any atom is -0.325 e. The van der Waals surface area contributed by atoms with Crippen molar-refractivity contribution in [2.75, 3.05) is 11.9 Å². The van der Waals surface area contributed by atoms with Gasteiger partial charge in [0.25, 0.3) is 0 Å². The van der Waals surface area contributed by atoms with Crippen molar-refractivity contribution >= 4 is 11.6 Å². The summed E-state index contributed by atoms with van der Waals surface area (Å²) in [6, 6.07) is 14.4. The van der Waals surface area contributed by atoms with E-state index in [1.54, 1.807) is 0 Å². The molecule has 0 bridgehead atoms. The average molecular weight is 280 g/mol. The zero-order valence-corrected chi connectivity index (χ0v) is 12.5. The molecule has 0 unspecified atom stereocenters. The molecule has 0 atom stereocenters. The third kappa shape index (κ3) is 2.98. The molecule has 0 aliphatic carbocycles. The second-order valence-corrected chi connectivity index (χ2v) is 5.71. The van der Waals surface area contributed by atoms with Gasteiger partial charge in [-0.3, -0.25) is 9.69 Å². The van der Waals surface area contributed by atoms with Gasteiger partial charge in [-0.05, 0) is 42.2 Å². The number of amides is 1. The van der Waals surface area contributed by atoms with E-state index in [0.717, 1.165) is 24.3 Å². The van der Waals surface area contributed by atoms with E-state index in [2.05, 4.69) is 47.5 Å². The zero-order chi connectivity index (χ0) is 14.8. The molecule has 1 amide bonds. The van der Waals surface area contributed by atoms with E-state index in [1.807, 2.05) is 19.1 Å². The number of hydrogen-bond acceptors (Lipinski definition) is 2. The Kier molecular flexibility index (Phi) is 3.76. The van der Waals surface area contributed by atoms with Gasteiger partial charge in [-0.1, -0.05) is 36.4 Å². The minimum absolute atomic E-state index is 0.0523. The highest BCUT2D eigenvalue weighted by molar-refractivity contribution is 5.93. The van der Waals surface area contributed by atoms with Crippen molar-refractivity contribution in [3.05, 3.63) is 64.7 Å². The first-order valence-corrected chi connectivity index (χ1v) is 7.28. The molecule has 2 aromatic carbocycles. The number of fused-ring (bicyclic) bond motifs is 1. The summed E-state index contributed by atoms with van der Waals surface area (Å²) < 4.78 is 0. The fourth-order valence-electron chi connectivity index (χ4n) is 2.79. The number of carbonyl (C=O) groups is 1. The van der Waals surface area contributed by atoms with Gasteiger partial charge < -0.3 is 5.32 Å². The zero-order valence-electron chi connectivity index (χ0n) is 12.5. The second-order valence-electron chi connectivity index (χ2n) is 5.71. The summed E-state index contributed by atoms with van der Waals surface area (Å²) in [7, 11) is 0. The average Bonchev–Trinajstić information content (AvgIpc) is 2.86. The summed E-state index contributed by atoms with van der Waals surface area (Å²) in [6.07, 6.45) is 0. The molecule has 21 heavy (non-hydrogen) atoms. The fraction of sp³-hybridized carbons (Fsp3) is 0.278. The number of nitrogens with zero attached hydrogens (tertiary/aromatic N) is 1. The summed E-state index contributed by atoms with van der Waals surface area (Å²) in [6.45, 7) is 6.24. The van der Waals surface area contributed by atoms with Crippen molar-refractivity contribution in [3.63, 3.8) is 0 Å². The smallest absolute Gasteiger partial charge is 0.238 e. The van der Waals surface area contributed by atoms with Crippen LogP contribution in [0, 0.1) is 13.8 Å². The van der Waals surface area contributed by atoms with E-state index in [0.29, 0.717) is 6.54 Å². The highest BCUT2D eigenvalue weighted by Gasteiger charge is 2.20. The van der Waals surface area contributed by atoms with Crippen molar-refractivity contribution < 1.29 is 4.79 Å². The lowest BCUT2D eigenvalue weighted by molar-refractivity contribution is -0.117. The summed E-state index contributed by atoms with van der Waals surface area (Å²) in [5.74, 6) is 0.0523. The first-order chi connectivity index (χ1) is 10.1. The molecular weight excluding hydrogens is 260 g/mol. The van der Waals surface area contributed by atoms with Crippen LogP contribution >= 0.6 is 0 Å². The Hall–Kier alpha value is -2.13. The molecule has 108 valence electrons. The van der Waals surface area contributed by atoms with E-state index in [1.165, 1.54) is 16.7 Å². The number of benzene rings is 2. The number of carbonyl (C=O) groups excluding carboxylic acids is 1. The number of nitrogens with one attached hydrogen (secondary N) is 1. The molecule has 1 N–H and O–H groups in total. The highest BCUT2D eigenvalue weighted by atomic mass is 16.2. The predicted molar refractivity (Wildman–Crippen MR) is 85.1 cm³/mol. The van der Waals surface area contributed by atoms with Crippen molar-refractivity contribution in [2.24, 2.45) is 0 Å². The molecule has 3 heteroatoms. The summed E-state index contributed by atoms with van der Waals surface area (Å²) in [5.41, 5.74) is 5.91. The fourth-order valence-corrected chi connectivity index (χ4v) is 2.79. The third-order valence-electron chi connectivity index (χ3n) is 4.15. The Morgan fingerprint density at radius 1 is 1.05 bits per heavy atom. The van der Waals surface area contributed by atoms with Crippen LogP contribution in [0.15, 0.2) is 42.5 Å². The highest BCUT2D eigenvalue weighted by Crippen LogP contribution is 2.22. The van der Waals surface area contributed by atoms with Gasteiger partial charge in [0.2, 0.25) is 5.91 Å². The summed E-state index contributed by atoms with van der Waals surface area (Å²) in [5, 5.41) is 3.02. The molecule has 0 saturated carbocycles. The minimum atomic E-state index is 0.0523. The lowest BCUT2D eigenvalue weighted by Gasteiger charge is -2.16. The van der Waals surface area contributed by atoms with Crippen molar-refractivity contribution in [1.82, 2.24) is 4.90 Å². The molecular formula is C18H20N2O. The second kappa shape index (κ2) is 5.70. The summed E-state index contributed by atoms with van der Waals surface area (Å²) in [4.78, 5) is 14.4. The van der Waals surface area contributed by atoms with Crippen molar-refractivity contribution in [3.8, 4) is 0 Å². The maximum absolute atomic E-state index is 12.2. The van der Waals surface area contributed by atoms with Crippen LogP contribution < -0.4 is 5.32 Å². The van der Waals surface area contributed by atoms with Gasteiger partial charge in [-0.15, -0.1) is 0 Å². The number of anilines is 1.